The molecule has 2 rings (SSSR count). The SMILES string of the molecule is CCc1ccc(CO[C@H]2CC[C@H](CCC=C(F)C#N)CC2)cc1. The van der Waals surface area contributed by atoms with Crippen molar-refractivity contribution in [1.29, 1.82) is 5.26 Å². The number of hydrogen-bond acceptors (Lipinski definition) is 2. The summed E-state index contributed by atoms with van der Waals surface area (Å²) in [7, 11) is 0. The quantitative estimate of drug-likeness (QED) is 0.624. The maximum Gasteiger partial charge on any atom is 0.196 e. The molecule has 1 aromatic carbocycles. The number of nitriles is 1. The third-order valence-electron chi connectivity index (χ3n) is 4.72. The van der Waals surface area contributed by atoms with Gasteiger partial charge in [-0.15, -0.1) is 0 Å². The first-order valence-electron chi connectivity index (χ1n) is 8.66. The minimum atomic E-state index is -0.656. The second-order valence-corrected chi connectivity index (χ2v) is 6.37. The lowest BCUT2D eigenvalue weighted by Crippen LogP contribution is -2.21. The van der Waals surface area contributed by atoms with Gasteiger partial charge in [-0.2, -0.15) is 9.65 Å². The van der Waals surface area contributed by atoms with E-state index in [4.69, 9.17) is 10.00 Å². The van der Waals surface area contributed by atoms with Crippen molar-refractivity contribution in [3.8, 4) is 6.07 Å². The molecule has 0 bridgehead atoms. The Bertz CT molecular complexity index is 536. The maximum atomic E-state index is 12.7. The topological polar surface area (TPSA) is 33.0 Å². The van der Waals surface area contributed by atoms with Gasteiger partial charge < -0.3 is 4.74 Å². The second-order valence-electron chi connectivity index (χ2n) is 6.37. The summed E-state index contributed by atoms with van der Waals surface area (Å²) in [5.74, 6) is -0.0162. The van der Waals surface area contributed by atoms with Gasteiger partial charge in [-0.3, -0.25) is 0 Å². The van der Waals surface area contributed by atoms with E-state index in [0.29, 0.717) is 25.0 Å². The average Bonchev–Trinajstić information content (AvgIpc) is 2.61. The molecule has 0 aromatic heterocycles. The highest BCUT2D eigenvalue weighted by molar-refractivity contribution is 5.21. The van der Waals surface area contributed by atoms with Crippen molar-refractivity contribution in [2.45, 2.75) is 64.6 Å². The molecule has 23 heavy (non-hydrogen) atoms. The molecule has 0 heterocycles. The summed E-state index contributed by atoms with van der Waals surface area (Å²) in [6.07, 6.45) is 8.91. The lowest BCUT2D eigenvalue weighted by molar-refractivity contribution is 0.00645. The Hall–Kier alpha value is -1.66. The first-order chi connectivity index (χ1) is 11.2. The Morgan fingerprint density at radius 3 is 2.48 bits per heavy atom. The van der Waals surface area contributed by atoms with Crippen molar-refractivity contribution < 1.29 is 9.13 Å². The van der Waals surface area contributed by atoms with Crippen LogP contribution in [-0.4, -0.2) is 6.10 Å². The number of halogens is 1. The summed E-state index contributed by atoms with van der Waals surface area (Å²) in [5, 5.41) is 8.38. The van der Waals surface area contributed by atoms with Crippen LogP contribution in [0.25, 0.3) is 0 Å². The van der Waals surface area contributed by atoms with E-state index in [1.807, 2.05) is 0 Å². The van der Waals surface area contributed by atoms with Crippen molar-refractivity contribution in [3.63, 3.8) is 0 Å². The minimum absolute atomic E-state index is 0.350. The largest absolute Gasteiger partial charge is 0.374 e. The van der Waals surface area contributed by atoms with Crippen LogP contribution in [0.5, 0.6) is 0 Å². The summed E-state index contributed by atoms with van der Waals surface area (Å²) in [6, 6.07) is 10.2. The van der Waals surface area contributed by atoms with Crippen molar-refractivity contribution in [1.82, 2.24) is 0 Å². The lowest BCUT2D eigenvalue weighted by Gasteiger charge is -2.28. The molecule has 1 aliphatic rings. The van der Waals surface area contributed by atoms with Crippen molar-refractivity contribution >= 4 is 0 Å². The third-order valence-corrected chi connectivity index (χ3v) is 4.72. The zero-order chi connectivity index (χ0) is 16.5. The highest BCUT2D eigenvalue weighted by Crippen LogP contribution is 2.30. The van der Waals surface area contributed by atoms with Gasteiger partial charge in [0.15, 0.2) is 5.83 Å². The Morgan fingerprint density at radius 1 is 1.22 bits per heavy atom. The molecule has 3 heteroatoms. The Labute approximate surface area is 139 Å². The zero-order valence-corrected chi connectivity index (χ0v) is 13.9. The first kappa shape index (κ1) is 17.7. The fourth-order valence-corrected chi connectivity index (χ4v) is 3.16. The van der Waals surface area contributed by atoms with Crippen molar-refractivity contribution in [3.05, 3.63) is 47.3 Å². The van der Waals surface area contributed by atoms with Crippen molar-refractivity contribution in [2.24, 2.45) is 5.92 Å². The number of hydrogen-bond donors (Lipinski definition) is 0. The molecule has 1 aromatic rings. The standard InChI is InChI=1S/C20H26FNO/c1-2-16-6-8-18(9-7-16)15-23-20-12-10-17(11-13-20)4-3-5-19(21)14-22/h5-9,17,20H,2-4,10-13,15H2,1H3/t17-,20-. The van der Waals surface area contributed by atoms with Gasteiger partial charge in [-0.25, -0.2) is 0 Å². The molecule has 1 aliphatic carbocycles. The third kappa shape index (κ3) is 6.15. The Balaban J connectivity index is 1.65. The maximum absolute atomic E-state index is 12.7. The predicted octanol–water partition coefficient (Wildman–Crippen LogP) is 5.48. The molecule has 0 amide bonds. The number of nitrogens with zero attached hydrogens (tertiary/aromatic N) is 1. The summed E-state index contributed by atoms with van der Waals surface area (Å²) in [5.41, 5.74) is 2.59. The number of benzene rings is 1. The van der Waals surface area contributed by atoms with Crippen molar-refractivity contribution in [2.75, 3.05) is 0 Å². The van der Waals surface area contributed by atoms with E-state index in [-0.39, 0.29) is 0 Å². The summed E-state index contributed by atoms with van der Waals surface area (Å²) in [4.78, 5) is 0. The van der Waals surface area contributed by atoms with E-state index >= 15 is 0 Å². The average molecular weight is 315 g/mol. The number of ether oxygens (including phenoxy) is 1. The van der Waals surface area contributed by atoms with E-state index < -0.39 is 5.83 Å². The summed E-state index contributed by atoms with van der Waals surface area (Å²) >= 11 is 0. The number of rotatable bonds is 7. The van der Waals surface area contributed by atoms with Crippen LogP contribution in [0.1, 0.15) is 56.6 Å². The normalized spacial score (nSPS) is 21.9. The van der Waals surface area contributed by atoms with Gasteiger partial charge in [0.05, 0.1) is 12.7 Å². The molecule has 0 aliphatic heterocycles. The Morgan fingerprint density at radius 2 is 1.87 bits per heavy atom. The predicted molar refractivity (Wildman–Crippen MR) is 90.4 cm³/mol. The molecule has 0 N–H and O–H groups in total. The van der Waals surface area contributed by atoms with E-state index in [1.165, 1.54) is 23.3 Å². The molecule has 0 radical (unpaired) electrons. The smallest absolute Gasteiger partial charge is 0.196 e. The highest BCUT2D eigenvalue weighted by Gasteiger charge is 2.21. The molecule has 0 saturated heterocycles. The molecular formula is C20H26FNO. The minimum Gasteiger partial charge on any atom is -0.374 e. The van der Waals surface area contributed by atoms with Crippen LogP contribution >= 0.6 is 0 Å². The lowest BCUT2D eigenvalue weighted by atomic mass is 9.84. The van der Waals surface area contributed by atoms with Gasteiger partial charge in [0.2, 0.25) is 0 Å². The highest BCUT2D eigenvalue weighted by atomic mass is 19.1. The van der Waals surface area contributed by atoms with Crippen LogP contribution in [0.2, 0.25) is 0 Å². The molecule has 2 nitrogen and oxygen atoms in total. The van der Waals surface area contributed by atoms with E-state index in [2.05, 4.69) is 31.2 Å². The molecule has 0 spiro atoms. The van der Waals surface area contributed by atoms with Gasteiger partial charge in [0.1, 0.15) is 6.07 Å². The van der Waals surface area contributed by atoms with Gasteiger partial charge >= 0.3 is 0 Å². The van der Waals surface area contributed by atoms with Crippen LogP contribution in [0.15, 0.2) is 36.2 Å². The number of allylic oxidation sites excluding steroid dienone is 2. The molecule has 124 valence electrons. The number of aryl methyl sites for hydroxylation is 1. The monoisotopic (exact) mass is 315 g/mol. The van der Waals surface area contributed by atoms with Crippen LogP contribution in [0.3, 0.4) is 0 Å². The molecule has 1 fully saturated rings. The first-order valence-corrected chi connectivity index (χ1v) is 8.66. The fraction of sp³-hybridized carbons (Fsp3) is 0.550. The molecular weight excluding hydrogens is 289 g/mol. The molecule has 0 atom stereocenters. The zero-order valence-electron chi connectivity index (χ0n) is 13.9. The van der Waals surface area contributed by atoms with E-state index in [9.17, 15) is 4.39 Å². The molecule has 1 saturated carbocycles. The molecule has 0 unspecified atom stereocenters. The van der Waals surface area contributed by atoms with Crippen LogP contribution < -0.4 is 0 Å². The summed E-state index contributed by atoms with van der Waals surface area (Å²) < 4.78 is 18.8. The van der Waals surface area contributed by atoms with Gasteiger partial charge in [0, 0.05) is 0 Å². The van der Waals surface area contributed by atoms with Crippen LogP contribution in [-0.2, 0) is 17.8 Å². The van der Waals surface area contributed by atoms with Gasteiger partial charge in [-0.1, -0.05) is 31.2 Å². The second kappa shape index (κ2) is 9.47. The van der Waals surface area contributed by atoms with E-state index in [0.717, 1.165) is 38.5 Å². The summed E-state index contributed by atoms with van der Waals surface area (Å²) in [6.45, 7) is 2.85. The van der Waals surface area contributed by atoms with E-state index in [1.54, 1.807) is 0 Å². The van der Waals surface area contributed by atoms with Crippen LogP contribution in [0.4, 0.5) is 4.39 Å². The van der Waals surface area contributed by atoms with Gasteiger partial charge in [-0.05, 0) is 68.1 Å². The fourth-order valence-electron chi connectivity index (χ4n) is 3.16. The van der Waals surface area contributed by atoms with Gasteiger partial charge in [0.25, 0.3) is 0 Å². The van der Waals surface area contributed by atoms with Crippen LogP contribution in [0, 0.1) is 17.2 Å². The Kier molecular flexibility index (Phi) is 7.29.